The molecule has 0 saturated carbocycles. The van der Waals surface area contributed by atoms with Gasteiger partial charge in [0.05, 0.1) is 8.58 Å². The molecule has 1 amide bonds. The monoisotopic (exact) mass is 460 g/mol. The Balaban J connectivity index is 2.04. The van der Waals surface area contributed by atoms with E-state index in [1.165, 1.54) is 11.3 Å². The van der Waals surface area contributed by atoms with Gasteiger partial charge in [0.25, 0.3) is 0 Å². The molecule has 8 heteroatoms. The van der Waals surface area contributed by atoms with Crippen molar-refractivity contribution in [3.8, 4) is 5.75 Å². The Morgan fingerprint density at radius 3 is 2.54 bits per heavy atom. The van der Waals surface area contributed by atoms with Crippen LogP contribution >= 0.6 is 33.9 Å². The lowest BCUT2D eigenvalue weighted by atomic mass is 10.2. The lowest BCUT2D eigenvalue weighted by Gasteiger charge is -2.19. The number of esters is 1. The predicted molar refractivity (Wildman–Crippen MR) is 101 cm³/mol. The van der Waals surface area contributed by atoms with E-state index in [0.29, 0.717) is 15.0 Å². The summed E-state index contributed by atoms with van der Waals surface area (Å²) in [5.74, 6) is -0.105. The first kappa shape index (κ1) is 18.7. The topological polar surface area (TPSA) is 77.5 Å². The summed E-state index contributed by atoms with van der Waals surface area (Å²) in [6, 6.07) is 4.95. The number of nitrogens with zero attached hydrogens (tertiary/aromatic N) is 1. The van der Waals surface area contributed by atoms with E-state index in [9.17, 15) is 9.59 Å². The van der Waals surface area contributed by atoms with Gasteiger partial charge in [-0.25, -0.2) is 14.6 Å². The van der Waals surface area contributed by atoms with Gasteiger partial charge in [0.2, 0.25) is 0 Å². The first-order valence-corrected chi connectivity index (χ1v) is 9.04. The summed E-state index contributed by atoms with van der Waals surface area (Å²) in [6.07, 6.45) is -0.541. The molecule has 1 aromatic heterocycles. The maximum atomic E-state index is 12.0. The largest absolute Gasteiger partial charge is 0.444 e. The number of nitrogens with one attached hydrogen (secondary N) is 1. The summed E-state index contributed by atoms with van der Waals surface area (Å²) in [7, 11) is 0. The lowest BCUT2D eigenvalue weighted by molar-refractivity contribution is 0.0634. The average molecular weight is 460 g/mol. The molecule has 0 aliphatic rings. The third-order valence-corrected chi connectivity index (χ3v) is 4.22. The first-order chi connectivity index (χ1) is 11.1. The molecule has 0 aliphatic heterocycles. The van der Waals surface area contributed by atoms with E-state index < -0.39 is 17.7 Å². The number of hydrogen-bond donors (Lipinski definition) is 1. The van der Waals surface area contributed by atoms with E-state index in [1.54, 1.807) is 44.4 Å². The molecule has 0 bridgehead atoms. The Kier molecular flexibility index (Phi) is 5.81. The maximum absolute atomic E-state index is 12.0. The normalized spacial score (nSPS) is 11.0. The number of aryl methyl sites for hydroxylation is 1. The highest BCUT2D eigenvalue weighted by atomic mass is 127. The van der Waals surface area contributed by atoms with Crippen LogP contribution in [0.3, 0.4) is 0 Å². The standard InChI is InChI=1S/C16H17IN2O4S/c1-9-18-12(8-24-9)14(20)22-13-6-5-10(7-11(13)17)19-15(21)23-16(2,3)4/h5-8H,1-4H3,(H,19,21). The molecule has 2 rings (SSSR count). The van der Waals surface area contributed by atoms with Crippen molar-refractivity contribution >= 4 is 51.7 Å². The fourth-order valence-corrected chi connectivity index (χ4v) is 2.90. The number of ether oxygens (including phenoxy) is 2. The van der Waals surface area contributed by atoms with Crippen molar-refractivity contribution in [2.45, 2.75) is 33.3 Å². The number of amides is 1. The number of halogens is 1. The van der Waals surface area contributed by atoms with Crippen LogP contribution in [0.15, 0.2) is 23.6 Å². The van der Waals surface area contributed by atoms with Gasteiger partial charge in [-0.3, -0.25) is 5.32 Å². The number of carbonyl (C=O) groups excluding carboxylic acids is 2. The quantitative estimate of drug-likeness (QED) is 0.411. The van der Waals surface area contributed by atoms with Crippen LogP contribution in [0.2, 0.25) is 0 Å². The van der Waals surface area contributed by atoms with E-state index in [1.807, 2.05) is 29.5 Å². The number of aromatic nitrogens is 1. The minimum absolute atomic E-state index is 0.282. The van der Waals surface area contributed by atoms with Gasteiger partial charge in [0.1, 0.15) is 11.4 Å². The average Bonchev–Trinajstić information content (AvgIpc) is 2.86. The van der Waals surface area contributed by atoms with Crippen LogP contribution in [-0.4, -0.2) is 22.6 Å². The zero-order valence-electron chi connectivity index (χ0n) is 13.7. The van der Waals surface area contributed by atoms with Crippen molar-refractivity contribution in [2.75, 3.05) is 5.32 Å². The molecule has 6 nitrogen and oxygen atoms in total. The van der Waals surface area contributed by atoms with Crippen LogP contribution in [0, 0.1) is 10.5 Å². The molecule has 0 aliphatic carbocycles. The van der Waals surface area contributed by atoms with Crippen molar-refractivity contribution in [1.82, 2.24) is 4.98 Å². The minimum atomic E-state index is -0.571. The van der Waals surface area contributed by atoms with Crippen LogP contribution in [0.25, 0.3) is 0 Å². The van der Waals surface area contributed by atoms with Crippen molar-refractivity contribution in [3.05, 3.63) is 37.9 Å². The molecule has 24 heavy (non-hydrogen) atoms. The molecule has 1 heterocycles. The van der Waals surface area contributed by atoms with Gasteiger partial charge in [-0.1, -0.05) is 0 Å². The van der Waals surface area contributed by atoms with Crippen LogP contribution in [-0.2, 0) is 4.74 Å². The van der Waals surface area contributed by atoms with E-state index in [2.05, 4.69) is 10.3 Å². The smallest absolute Gasteiger partial charge is 0.412 e. The van der Waals surface area contributed by atoms with Gasteiger partial charge in [-0.2, -0.15) is 0 Å². The molecule has 1 aromatic carbocycles. The minimum Gasteiger partial charge on any atom is -0.444 e. The van der Waals surface area contributed by atoms with E-state index >= 15 is 0 Å². The fraction of sp³-hybridized carbons (Fsp3) is 0.312. The summed E-state index contributed by atoms with van der Waals surface area (Å²) in [5, 5.41) is 5.09. The molecule has 0 unspecified atom stereocenters. The van der Waals surface area contributed by atoms with Gasteiger partial charge in [0, 0.05) is 11.1 Å². The van der Waals surface area contributed by atoms with Gasteiger partial charge in [-0.15, -0.1) is 11.3 Å². The Morgan fingerprint density at radius 1 is 1.29 bits per heavy atom. The molecular formula is C16H17IN2O4S. The van der Waals surface area contributed by atoms with Gasteiger partial charge in [-0.05, 0) is 68.5 Å². The number of rotatable bonds is 3. The molecule has 128 valence electrons. The predicted octanol–water partition coefficient (Wildman–Crippen LogP) is 4.62. The number of thiazole rings is 1. The Morgan fingerprint density at radius 2 is 2.00 bits per heavy atom. The second kappa shape index (κ2) is 7.47. The third kappa shape index (κ3) is 5.45. The van der Waals surface area contributed by atoms with Gasteiger partial charge in [0.15, 0.2) is 5.69 Å². The fourth-order valence-electron chi connectivity index (χ4n) is 1.69. The Bertz CT molecular complexity index is 768. The second-order valence-corrected chi connectivity index (χ2v) is 8.14. The molecule has 0 fully saturated rings. The third-order valence-electron chi connectivity index (χ3n) is 2.61. The van der Waals surface area contributed by atoms with Crippen molar-refractivity contribution in [1.29, 1.82) is 0 Å². The highest BCUT2D eigenvalue weighted by molar-refractivity contribution is 14.1. The number of carbonyl (C=O) groups is 2. The number of hydrogen-bond acceptors (Lipinski definition) is 6. The van der Waals surface area contributed by atoms with Crippen LogP contribution in [0.4, 0.5) is 10.5 Å². The van der Waals surface area contributed by atoms with Crippen LogP contribution < -0.4 is 10.1 Å². The summed E-state index contributed by atoms with van der Waals surface area (Å²) in [5.41, 5.74) is 0.264. The van der Waals surface area contributed by atoms with E-state index in [-0.39, 0.29) is 5.69 Å². The summed E-state index contributed by atoms with van der Waals surface area (Å²) in [6.45, 7) is 7.19. The van der Waals surface area contributed by atoms with Gasteiger partial charge < -0.3 is 9.47 Å². The molecule has 0 saturated heterocycles. The van der Waals surface area contributed by atoms with Gasteiger partial charge >= 0.3 is 12.1 Å². The Hall–Kier alpha value is -1.68. The summed E-state index contributed by atoms with van der Waals surface area (Å²) < 4.78 is 11.2. The van der Waals surface area contributed by atoms with E-state index in [0.717, 1.165) is 5.01 Å². The number of anilines is 1. The lowest BCUT2D eigenvalue weighted by Crippen LogP contribution is -2.27. The van der Waals surface area contributed by atoms with Crippen molar-refractivity contribution < 1.29 is 19.1 Å². The zero-order valence-corrected chi connectivity index (χ0v) is 16.6. The highest BCUT2D eigenvalue weighted by Gasteiger charge is 2.17. The summed E-state index contributed by atoms with van der Waals surface area (Å²) >= 11 is 3.42. The molecule has 1 N–H and O–H groups in total. The molecule has 0 atom stereocenters. The molecule has 0 radical (unpaired) electrons. The SMILES string of the molecule is Cc1nc(C(=O)Oc2ccc(NC(=O)OC(C)(C)C)cc2I)cs1. The van der Waals surface area contributed by atoms with Crippen LogP contribution in [0.5, 0.6) is 5.75 Å². The molecule has 2 aromatic rings. The summed E-state index contributed by atoms with van der Waals surface area (Å²) in [4.78, 5) is 27.9. The van der Waals surface area contributed by atoms with Crippen molar-refractivity contribution in [3.63, 3.8) is 0 Å². The Labute approximate surface area is 157 Å². The maximum Gasteiger partial charge on any atom is 0.412 e. The molecule has 0 spiro atoms. The van der Waals surface area contributed by atoms with Crippen molar-refractivity contribution in [2.24, 2.45) is 0 Å². The van der Waals surface area contributed by atoms with Crippen LogP contribution in [0.1, 0.15) is 36.3 Å². The first-order valence-electron chi connectivity index (χ1n) is 7.08. The molecular weight excluding hydrogens is 443 g/mol. The van der Waals surface area contributed by atoms with E-state index in [4.69, 9.17) is 9.47 Å². The zero-order chi connectivity index (χ0) is 17.9. The second-order valence-electron chi connectivity index (χ2n) is 5.91. The number of benzene rings is 1. The highest BCUT2D eigenvalue weighted by Crippen LogP contribution is 2.26.